The van der Waals surface area contributed by atoms with Crippen molar-refractivity contribution in [1.29, 1.82) is 0 Å². The highest BCUT2D eigenvalue weighted by Gasteiger charge is 2.48. The number of aromatic nitrogens is 1. The van der Waals surface area contributed by atoms with Gasteiger partial charge in [0.1, 0.15) is 23.3 Å². The van der Waals surface area contributed by atoms with Gasteiger partial charge in [-0.2, -0.15) is 4.98 Å². The van der Waals surface area contributed by atoms with Gasteiger partial charge in [0.05, 0.1) is 5.02 Å². The average molecular weight is 375 g/mol. The van der Waals surface area contributed by atoms with E-state index >= 15 is 0 Å². The fraction of sp³-hybridized carbons (Fsp3) is 0.455. The first-order valence-electron chi connectivity index (χ1n) is 5.83. The van der Waals surface area contributed by atoms with Crippen molar-refractivity contribution >= 4 is 40.8 Å². The van der Waals surface area contributed by atoms with Crippen LogP contribution >= 0.6 is 34.8 Å². The number of hydrogen-bond donors (Lipinski definition) is 4. The predicted molar refractivity (Wildman–Crippen MR) is 74.2 cm³/mol. The molecule has 122 valence electrons. The minimum atomic E-state index is -1.83. The Hall–Kier alpha value is -0.870. The normalized spacial score (nSPS) is 31.8. The van der Waals surface area contributed by atoms with Crippen molar-refractivity contribution in [2.75, 3.05) is 0 Å². The molecule has 1 aromatic heterocycles. The van der Waals surface area contributed by atoms with E-state index in [2.05, 4.69) is 4.98 Å². The van der Waals surface area contributed by atoms with Crippen molar-refractivity contribution in [2.45, 2.75) is 30.7 Å². The molecule has 1 saturated heterocycles. The van der Waals surface area contributed by atoms with Crippen LogP contribution in [0.1, 0.15) is 0 Å². The summed E-state index contributed by atoms with van der Waals surface area (Å²) in [5.74, 6) is -1.83. The van der Waals surface area contributed by atoms with Crippen molar-refractivity contribution < 1.29 is 34.7 Å². The van der Waals surface area contributed by atoms with E-state index in [4.69, 9.17) is 49.4 Å². The van der Waals surface area contributed by atoms with Gasteiger partial charge in [-0.3, -0.25) is 0 Å². The smallest absolute Gasteiger partial charge is 0.335 e. The molecule has 1 aliphatic rings. The standard InChI is InChI=1S/C11H10Cl3NO7/c12-2-1-3(13)9(15-8(2)14)22-11-6(18)4(16)5(17)7(21-11)10(19)20/h1,4-7,11,16-18H,(H,19,20)/t4-,5-,6+,7-,11?/m0/s1. The average Bonchev–Trinajstić information content (AvgIpc) is 2.44. The summed E-state index contributed by atoms with van der Waals surface area (Å²) in [6.07, 6.45) is -8.81. The van der Waals surface area contributed by atoms with Gasteiger partial charge in [0.2, 0.25) is 12.2 Å². The molecule has 0 radical (unpaired) electrons. The second kappa shape index (κ2) is 6.71. The summed E-state index contributed by atoms with van der Waals surface area (Å²) >= 11 is 17.2. The Morgan fingerprint density at radius 2 is 1.77 bits per heavy atom. The van der Waals surface area contributed by atoms with Gasteiger partial charge in [-0.05, 0) is 6.07 Å². The SMILES string of the molecule is O=C(O)[C@H]1OC(Oc2nc(Cl)c(Cl)cc2Cl)[C@H](O)[C@@H](O)[C@@H]1O. The van der Waals surface area contributed by atoms with E-state index in [1.165, 1.54) is 6.07 Å². The van der Waals surface area contributed by atoms with Crippen LogP contribution in [0.25, 0.3) is 0 Å². The molecule has 5 atom stereocenters. The lowest BCUT2D eigenvalue weighted by molar-refractivity contribution is -0.271. The molecule has 1 aliphatic heterocycles. The molecular weight excluding hydrogens is 364 g/mol. The largest absolute Gasteiger partial charge is 0.479 e. The first-order valence-corrected chi connectivity index (χ1v) is 6.96. The van der Waals surface area contributed by atoms with Gasteiger partial charge in [0, 0.05) is 0 Å². The van der Waals surface area contributed by atoms with Crippen molar-refractivity contribution in [2.24, 2.45) is 0 Å². The summed E-state index contributed by atoms with van der Waals surface area (Å²) in [4.78, 5) is 14.7. The molecule has 1 aromatic rings. The third-order valence-electron chi connectivity index (χ3n) is 2.90. The van der Waals surface area contributed by atoms with Gasteiger partial charge < -0.3 is 29.9 Å². The number of halogens is 3. The summed E-state index contributed by atoms with van der Waals surface area (Å²) in [6.45, 7) is 0. The molecule has 2 heterocycles. The molecule has 0 amide bonds. The quantitative estimate of drug-likeness (QED) is 0.556. The van der Waals surface area contributed by atoms with E-state index in [0.29, 0.717) is 0 Å². The summed E-state index contributed by atoms with van der Waals surface area (Å²) < 4.78 is 10.1. The van der Waals surface area contributed by atoms with Crippen molar-refractivity contribution in [3.63, 3.8) is 0 Å². The second-order valence-corrected chi connectivity index (χ2v) is 5.57. The fourth-order valence-corrected chi connectivity index (χ4v) is 2.30. The van der Waals surface area contributed by atoms with Crippen molar-refractivity contribution in [1.82, 2.24) is 4.98 Å². The third-order valence-corrected chi connectivity index (χ3v) is 3.84. The zero-order valence-electron chi connectivity index (χ0n) is 10.6. The fourth-order valence-electron chi connectivity index (χ4n) is 1.77. The summed E-state index contributed by atoms with van der Waals surface area (Å²) in [7, 11) is 0. The van der Waals surface area contributed by atoms with Crippen LogP contribution in [0.4, 0.5) is 0 Å². The summed E-state index contributed by atoms with van der Waals surface area (Å²) in [6, 6.07) is 1.23. The van der Waals surface area contributed by atoms with Gasteiger partial charge in [-0.15, -0.1) is 0 Å². The van der Waals surface area contributed by atoms with E-state index < -0.39 is 36.7 Å². The molecule has 8 nitrogen and oxygen atoms in total. The number of carbonyl (C=O) groups is 1. The van der Waals surface area contributed by atoms with Gasteiger partial charge in [-0.1, -0.05) is 34.8 Å². The Morgan fingerprint density at radius 3 is 2.36 bits per heavy atom. The number of aliphatic hydroxyl groups excluding tert-OH is 3. The number of pyridine rings is 1. The van der Waals surface area contributed by atoms with E-state index in [9.17, 15) is 20.1 Å². The molecule has 1 unspecified atom stereocenters. The van der Waals surface area contributed by atoms with Crippen LogP contribution < -0.4 is 4.74 Å². The maximum atomic E-state index is 11.0. The minimum Gasteiger partial charge on any atom is -0.479 e. The van der Waals surface area contributed by atoms with Crippen LogP contribution in [-0.2, 0) is 9.53 Å². The monoisotopic (exact) mass is 373 g/mol. The number of carboxylic acids is 1. The van der Waals surface area contributed by atoms with E-state index in [1.54, 1.807) is 0 Å². The van der Waals surface area contributed by atoms with Gasteiger partial charge >= 0.3 is 5.97 Å². The Balaban J connectivity index is 2.24. The number of nitrogens with zero attached hydrogens (tertiary/aromatic N) is 1. The van der Waals surface area contributed by atoms with Crippen LogP contribution in [-0.4, -0.2) is 62.1 Å². The molecular formula is C11H10Cl3NO7. The zero-order valence-corrected chi connectivity index (χ0v) is 12.8. The molecule has 4 N–H and O–H groups in total. The molecule has 0 bridgehead atoms. The maximum absolute atomic E-state index is 11.0. The molecule has 2 rings (SSSR count). The summed E-state index contributed by atoms with van der Waals surface area (Å²) in [5.41, 5.74) is 0. The van der Waals surface area contributed by atoms with Gasteiger partial charge in [-0.25, -0.2) is 4.79 Å². The first-order chi connectivity index (χ1) is 10.2. The van der Waals surface area contributed by atoms with Crippen LogP contribution in [0.2, 0.25) is 15.2 Å². The molecule has 0 spiro atoms. The van der Waals surface area contributed by atoms with Crippen LogP contribution in [0.3, 0.4) is 0 Å². The molecule has 11 heteroatoms. The third kappa shape index (κ3) is 3.38. The highest BCUT2D eigenvalue weighted by molar-refractivity contribution is 6.42. The van der Waals surface area contributed by atoms with Gasteiger partial charge in [0.25, 0.3) is 0 Å². The van der Waals surface area contributed by atoms with E-state index in [0.717, 1.165) is 0 Å². The lowest BCUT2D eigenvalue weighted by Crippen LogP contribution is -2.61. The predicted octanol–water partition coefficient (Wildman–Crippen LogP) is 0.313. The molecule has 0 aromatic carbocycles. The van der Waals surface area contributed by atoms with Crippen LogP contribution in [0.15, 0.2) is 6.07 Å². The Bertz CT molecular complexity index is 587. The Kier molecular flexibility index (Phi) is 5.33. The number of aliphatic carboxylic acids is 1. The number of ether oxygens (including phenoxy) is 2. The highest BCUT2D eigenvalue weighted by atomic mass is 35.5. The van der Waals surface area contributed by atoms with E-state index in [1.807, 2.05) is 0 Å². The number of rotatable bonds is 3. The Morgan fingerprint density at radius 1 is 1.14 bits per heavy atom. The van der Waals surface area contributed by atoms with Crippen molar-refractivity contribution in [3.05, 3.63) is 21.3 Å². The minimum absolute atomic E-state index is 0.0583. The summed E-state index contributed by atoms with van der Waals surface area (Å²) in [5, 5.41) is 37.8. The lowest BCUT2D eigenvalue weighted by Gasteiger charge is -2.38. The zero-order chi connectivity index (χ0) is 16.6. The van der Waals surface area contributed by atoms with Crippen LogP contribution in [0.5, 0.6) is 5.88 Å². The van der Waals surface area contributed by atoms with Gasteiger partial charge in [0.15, 0.2) is 11.3 Å². The number of carboxylic acid groups (broad SMARTS) is 1. The maximum Gasteiger partial charge on any atom is 0.335 e. The van der Waals surface area contributed by atoms with E-state index in [-0.39, 0.29) is 21.1 Å². The molecule has 0 aliphatic carbocycles. The highest BCUT2D eigenvalue weighted by Crippen LogP contribution is 2.32. The topological polar surface area (TPSA) is 129 Å². The van der Waals surface area contributed by atoms with Crippen molar-refractivity contribution in [3.8, 4) is 5.88 Å². The molecule has 22 heavy (non-hydrogen) atoms. The lowest BCUT2D eigenvalue weighted by atomic mass is 9.99. The second-order valence-electron chi connectivity index (χ2n) is 4.40. The number of hydrogen-bond acceptors (Lipinski definition) is 7. The molecule has 1 fully saturated rings. The first kappa shape index (κ1) is 17.5. The van der Waals surface area contributed by atoms with Crippen LogP contribution in [0, 0.1) is 0 Å². The number of aliphatic hydroxyl groups is 3. The molecule has 0 saturated carbocycles. The Labute approximate surface area is 138 Å².